The molecular weight excluding hydrogens is 198 g/mol. The van der Waals surface area contributed by atoms with Crippen molar-refractivity contribution < 1.29 is 4.79 Å². The average molecular weight is 217 g/mol. The number of thiocarbonyl (C=S) groups is 1. The Labute approximate surface area is 90.6 Å². The fourth-order valence-corrected chi connectivity index (χ4v) is 1.58. The van der Waals surface area contributed by atoms with Crippen molar-refractivity contribution in [3.05, 3.63) is 0 Å². The monoisotopic (exact) mass is 217 g/mol. The SMILES string of the molecule is CCC(C(N)=O)N(CC(N)=S)C(C)C. The minimum absolute atomic E-state index is 0.203. The van der Waals surface area contributed by atoms with Crippen LogP contribution in [0.15, 0.2) is 0 Å². The summed E-state index contributed by atoms with van der Waals surface area (Å²) in [6.45, 7) is 6.34. The predicted molar refractivity (Wildman–Crippen MR) is 61.9 cm³/mol. The van der Waals surface area contributed by atoms with Crippen LogP contribution in [0.4, 0.5) is 0 Å². The van der Waals surface area contributed by atoms with Gasteiger partial charge in [-0.25, -0.2) is 0 Å². The molecule has 0 heterocycles. The fraction of sp³-hybridized carbons (Fsp3) is 0.778. The molecule has 0 aliphatic heterocycles. The first-order chi connectivity index (χ1) is 6.40. The van der Waals surface area contributed by atoms with Crippen LogP contribution in [0.5, 0.6) is 0 Å². The van der Waals surface area contributed by atoms with Crippen molar-refractivity contribution in [1.29, 1.82) is 0 Å². The molecular formula is C9H19N3OS. The lowest BCUT2D eigenvalue weighted by atomic mass is 10.1. The van der Waals surface area contributed by atoms with Gasteiger partial charge in [-0.2, -0.15) is 0 Å². The van der Waals surface area contributed by atoms with E-state index in [1.165, 1.54) is 0 Å². The van der Waals surface area contributed by atoms with E-state index in [0.29, 0.717) is 18.0 Å². The third-order valence-corrected chi connectivity index (χ3v) is 2.25. The molecule has 0 bridgehead atoms. The first-order valence-corrected chi connectivity index (χ1v) is 5.14. The van der Waals surface area contributed by atoms with Crippen molar-refractivity contribution in [1.82, 2.24) is 4.90 Å². The lowest BCUT2D eigenvalue weighted by Crippen LogP contribution is -2.50. The van der Waals surface area contributed by atoms with Crippen LogP contribution in [0, 0.1) is 0 Å². The van der Waals surface area contributed by atoms with Crippen molar-refractivity contribution in [2.45, 2.75) is 39.3 Å². The van der Waals surface area contributed by atoms with Gasteiger partial charge in [0.1, 0.15) is 0 Å². The van der Waals surface area contributed by atoms with Crippen LogP contribution in [0.2, 0.25) is 0 Å². The Morgan fingerprint density at radius 3 is 2.14 bits per heavy atom. The molecule has 0 radical (unpaired) electrons. The first kappa shape index (κ1) is 13.3. The zero-order valence-electron chi connectivity index (χ0n) is 8.99. The molecule has 0 spiro atoms. The minimum atomic E-state index is -0.322. The number of nitrogens with two attached hydrogens (primary N) is 2. The van der Waals surface area contributed by atoms with Crippen molar-refractivity contribution in [3.63, 3.8) is 0 Å². The Kier molecular flexibility index (Phi) is 5.64. The van der Waals surface area contributed by atoms with Crippen LogP contribution in [-0.2, 0) is 4.79 Å². The van der Waals surface area contributed by atoms with Gasteiger partial charge < -0.3 is 11.5 Å². The van der Waals surface area contributed by atoms with E-state index in [9.17, 15) is 4.79 Å². The summed E-state index contributed by atoms with van der Waals surface area (Å²) in [6, 6.07) is -0.0783. The number of primary amides is 1. The van der Waals surface area contributed by atoms with Gasteiger partial charge in [-0.05, 0) is 20.3 Å². The van der Waals surface area contributed by atoms with E-state index in [4.69, 9.17) is 23.7 Å². The van der Waals surface area contributed by atoms with Crippen LogP contribution in [-0.4, -0.2) is 34.4 Å². The highest BCUT2D eigenvalue weighted by molar-refractivity contribution is 7.80. The standard InChI is InChI=1S/C9H19N3OS/c1-4-7(9(11)13)12(6(2)3)5-8(10)14/h6-7H,4-5H2,1-3H3,(H2,10,14)(H2,11,13). The highest BCUT2D eigenvalue weighted by atomic mass is 32.1. The fourth-order valence-electron chi connectivity index (χ4n) is 1.43. The molecule has 0 fully saturated rings. The van der Waals surface area contributed by atoms with E-state index >= 15 is 0 Å². The topological polar surface area (TPSA) is 72.4 Å². The van der Waals surface area contributed by atoms with E-state index in [1.807, 2.05) is 25.7 Å². The Morgan fingerprint density at radius 2 is 1.93 bits per heavy atom. The average Bonchev–Trinajstić information content (AvgIpc) is 2.02. The molecule has 1 amide bonds. The number of hydrogen-bond acceptors (Lipinski definition) is 3. The Morgan fingerprint density at radius 1 is 1.43 bits per heavy atom. The Balaban J connectivity index is 4.60. The van der Waals surface area contributed by atoms with E-state index in [1.54, 1.807) is 0 Å². The largest absolute Gasteiger partial charge is 0.392 e. The van der Waals surface area contributed by atoms with Gasteiger partial charge in [0.25, 0.3) is 0 Å². The third kappa shape index (κ3) is 4.02. The van der Waals surface area contributed by atoms with Crippen molar-refractivity contribution >= 4 is 23.1 Å². The van der Waals surface area contributed by atoms with Crippen molar-refractivity contribution in [3.8, 4) is 0 Å². The molecule has 1 unspecified atom stereocenters. The summed E-state index contributed by atoms with van der Waals surface area (Å²) in [5, 5.41) is 0. The van der Waals surface area contributed by atoms with Gasteiger partial charge in [0, 0.05) is 12.6 Å². The van der Waals surface area contributed by atoms with E-state index in [0.717, 1.165) is 0 Å². The minimum Gasteiger partial charge on any atom is -0.392 e. The van der Waals surface area contributed by atoms with Crippen LogP contribution in [0.1, 0.15) is 27.2 Å². The molecule has 0 aromatic rings. The molecule has 0 aromatic heterocycles. The summed E-state index contributed by atoms with van der Waals surface area (Å²) in [4.78, 5) is 13.5. The maximum Gasteiger partial charge on any atom is 0.234 e. The number of carbonyl (C=O) groups excluding carboxylic acids is 1. The Hall–Kier alpha value is -0.680. The van der Waals surface area contributed by atoms with Gasteiger partial charge >= 0.3 is 0 Å². The maximum absolute atomic E-state index is 11.2. The molecule has 0 saturated heterocycles. The van der Waals surface area contributed by atoms with E-state index in [2.05, 4.69) is 0 Å². The van der Waals surface area contributed by atoms with Gasteiger partial charge in [0.05, 0.1) is 11.0 Å². The second-order valence-electron chi connectivity index (χ2n) is 3.56. The third-order valence-electron chi connectivity index (χ3n) is 2.12. The predicted octanol–water partition coefficient (Wildman–Crippen LogP) is 0.247. The number of carbonyl (C=O) groups is 1. The van der Waals surface area contributed by atoms with Crippen LogP contribution < -0.4 is 11.5 Å². The van der Waals surface area contributed by atoms with Gasteiger partial charge in [-0.3, -0.25) is 9.69 Å². The Bertz CT molecular complexity index is 218. The second kappa shape index (κ2) is 5.93. The number of hydrogen-bond donors (Lipinski definition) is 2. The quantitative estimate of drug-likeness (QED) is 0.625. The summed E-state index contributed by atoms with van der Waals surface area (Å²) in [7, 11) is 0. The molecule has 0 aromatic carbocycles. The molecule has 0 saturated carbocycles. The molecule has 4 nitrogen and oxygen atoms in total. The highest BCUT2D eigenvalue weighted by Crippen LogP contribution is 2.08. The maximum atomic E-state index is 11.2. The lowest BCUT2D eigenvalue weighted by molar-refractivity contribution is -0.123. The van der Waals surface area contributed by atoms with Crippen LogP contribution in [0.25, 0.3) is 0 Å². The summed E-state index contributed by atoms with van der Waals surface area (Å²) in [5.41, 5.74) is 10.8. The number of amides is 1. The second-order valence-corrected chi connectivity index (χ2v) is 4.08. The van der Waals surface area contributed by atoms with Gasteiger partial charge in [-0.1, -0.05) is 19.1 Å². The lowest BCUT2D eigenvalue weighted by Gasteiger charge is -2.31. The van der Waals surface area contributed by atoms with Gasteiger partial charge in [0.2, 0.25) is 5.91 Å². The zero-order chi connectivity index (χ0) is 11.3. The van der Waals surface area contributed by atoms with Crippen molar-refractivity contribution in [2.75, 3.05) is 6.54 Å². The van der Waals surface area contributed by atoms with Gasteiger partial charge in [-0.15, -0.1) is 0 Å². The zero-order valence-corrected chi connectivity index (χ0v) is 9.80. The van der Waals surface area contributed by atoms with Crippen molar-refractivity contribution in [2.24, 2.45) is 11.5 Å². The summed E-state index contributed by atoms with van der Waals surface area (Å²) in [5.74, 6) is -0.322. The molecule has 82 valence electrons. The first-order valence-electron chi connectivity index (χ1n) is 4.73. The smallest absolute Gasteiger partial charge is 0.234 e. The van der Waals surface area contributed by atoms with Crippen LogP contribution >= 0.6 is 12.2 Å². The highest BCUT2D eigenvalue weighted by Gasteiger charge is 2.24. The van der Waals surface area contributed by atoms with E-state index in [-0.39, 0.29) is 18.0 Å². The molecule has 0 aliphatic carbocycles. The summed E-state index contributed by atoms with van der Waals surface area (Å²) in [6.07, 6.45) is 0.677. The molecule has 4 N–H and O–H groups in total. The number of nitrogens with zero attached hydrogens (tertiary/aromatic N) is 1. The van der Waals surface area contributed by atoms with E-state index < -0.39 is 0 Å². The molecule has 14 heavy (non-hydrogen) atoms. The van der Waals surface area contributed by atoms with Gasteiger partial charge in [0.15, 0.2) is 0 Å². The van der Waals surface area contributed by atoms with Crippen LogP contribution in [0.3, 0.4) is 0 Å². The number of rotatable bonds is 6. The summed E-state index contributed by atoms with van der Waals surface area (Å²) >= 11 is 4.83. The molecule has 0 aliphatic rings. The molecule has 5 heteroatoms. The summed E-state index contributed by atoms with van der Waals surface area (Å²) < 4.78 is 0. The normalized spacial score (nSPS) is 13.2. The molecule has 1 atom stereocenters. The molecule has 0 rings (SSSR count).